The third kappa shape index (κ3) is 6.17. The van der Waals surface area contributed by atoms with Gasteiger partial charge in [-0.25, -0.2) is 0 Å². The summed E-state index contributed by atoms with van der Waals surface area (Å²) in [6, 6.07) is 4.46. The lowest BCUT2D eigenvalue weighted by Gasteiger charge is -2.12. The first-order chi connectivity index (χ1) is 8.61. The maximum Gasteiger partial charge on any atom is 0.220 e. The maximum absolute atomic E-state index is 11.6. The Morgan fingerprint density at radius 3 is 2.89 bits per heavy atom. The van der Waals surface area contributed by atoms with Crippen LogP contribution in [0.1, 0.15) is 36.4 Å². The summed E-state index contributed by atoms with van der Waals surface area (Å²) >= 11 is 1.80. The van der Waals surface area contributed by atoms with E-state index in [2.05, 4.69) is 31.3 Å². The summed E-state index contributed by atoms with van der Waals surface area (Å²) in [5.41, 5.74) is 0. The molecule has 1 aromatic rings. The summed E-state index contributed by atoms with van der Waals surface area (Å²) in [7, 11) is 0. The molecule has 0 fully saturated rings. The van der Waals surface area contributed by atoms with Crippen LogP contribution in [0.5, 0.6) is 0 Å². The van der Waals surface area contributed by atoms with Gasteiger partial charge in [0.2, 0.25) is 5.91 Å². The standard InChI is InChI=1S/C14H23NO2S/c1-4-17-9-5-6-14(16)15-11(2)10-13-8-7-12(3)18-13/h7-8,11H,4-6,9-10H2,1-3H3,(H,15,16)/t11-/m1/s1. The molecule has 1 atom stereocenters. The van der Waals surface area contributed by atoms with Gasteiger partial charge in [-0.2, -0.15) is 0 Å². The summed E-state index contributed by atoms with van der Waals surface area (Å²) < 4.78 is 5.21. The van der Waals surface area contributed by atoms with Crippen LogP contribution < -0.4 is 5.32 Å². The lowest BCUT2D eigenvalue weighted by molar-refractivity contribution is -0.122. The van der Waals surface area contributed by atoms with Crippen LogP contribution >= 0.6 is 11.3 Å². The van der Waals surface area contributed by atoms with Crippen molar-refractivity contribution in [3.8, 4) is 0 Å². The third-order valence-electron chi connectivity index (χ3n) is 2.61. The van der Waals surface area contributed by atoms with Crippen LogP contribution in [0.3, 0.4) is 0 Å². The quantitative estimate of drug-likeness (QED) is 0.737. The van der Waals surface area contributed by atoms with Gasteiger partial charge in [0.1, 0.15) is 0 Å². The molecule has 18 heavy (non-hydrogen) atoms. The average molecular weight is 269 g/mol. The summed E-state index contributed by atoms with van der Waals surface area (Å²) in [6.07, 6.45) is 2.26. The van der Waals surface area contributed by atoms with Crippen LogP contribution in [-0.2, 0) is 16.0 Å². The summed E-state index contributed by atoms with van der Waals surface area (Å²) in [6.45, 7) is 7.50. The minimum Gasteiger partial charge on any atom is -0.382 e. The summed E-state index contributed by atoms with van der Waals surface area (Å²) in [5.74, 6) is 0.121. The largest absolute Gasteiger partial charge is 0.382 e. The Morgan fingerprint density at radius 1 is 1.50 bits per heavy atom. The van der Waals surface area contributed by atoms with E-state index in [4.69, 9.17) is 4.74 Å². The van der Waals surface area contributed by atoms with Gasteiger partial charge in [-0.1, -0.05) is 0 Å². The number of carbonyl (C=O) groups is 1. The summed E-state index contributed by atoms with van der Waals surface area (Å²) in [5, 5.41) is 3.03. The van der Waals surface area contributed by atoms with Crippen molar-refractivity contribution in [2.75, 3.05) is 13.2 Å². The Kier molecular flexibility index (Phi) is 6.98. The lowest BCUT2D eigenvalue weighted by Crippen LogP contribution is -2.33. The molecule has 1 amide bonds. The second-order valence-electron chi connectivity index (χ2n) is 4.49. The Morgan fingerprint density at radius 2 is 2.28 bits per heavy atom. The van der Waals surface area contributed by atoms with E-state index in [9.17, 15) is 4.79 Å². The molecule has 0 saturated carbocycles. The van der Waals surface area contributed by atoms with Gasteiger partial charge in [0, 0.05) is 41.9 Å². The second kappa shape index (κ2) is 8.27. The van der Waals surface area contributed by atoms with Gasteiger partial charge >= 0.3 is 0 Å². The molecule has 0 aliphatic rings. The fraction of sp³-hybridized carbons (Fsp3) is 0.643. The Hall–Kier alpha value is -0.870. The van der Waals surface area contributed by atoms with E-state index < -0.39 is 0 Å². The normalized spacial score (nSPS) is 12.4. The number of thiophene rings is 1. The van der Waals surface area contributed by atoms with Crippen molar-refractivity contribution in [3.05, 3.63) is 21.9 Å². The number of hydrogen-bond donors (Lipinski definition) is 1. The van der Waals surface area contributed by atoms with Crippen LogP contribution in [0.25, 0.3) is 0 Å². The first kappa shape index (κ1) is 15.2. The number of ether oxygens (including phenoxy) is 1. The first-order valence-electron chi connectivity index (χ1n) is 6.54. The number of nitrogens with one attached hydrogen (secondary N) is 1. The monoisotopic (exact) mass is 269 g/mol. The number of hydrogen-bond acceptors (Lipinski definition) is 3. The van der Waals surface area contributed by atoms with E-state index in [-0.39, 0.29) is 11.9 Å². The number of aryl methyl sites for hydroxylation is 1. The first-order valence-corrected chi connectivity index (χ1v) is 7.36. The minimum atomic E-state index is 0.121. The van der Waals surface area contributed by atoms with Crippen molar-refractivity contribution in [1.82, 2.24) is 5.32 Å². The Bertz CT molecular complexity index is 362. The molecular weight excluding hydrogens is 246 g/mol. The number of amides is 1. The SMILES string of the molecule is CCOCCCC(=O)N[C@H](C)Cc1ccc(C)s1. The highest BCUT2D eigenvalue weighted by Gasteiger charge is 2.09. The van der Waals surface area contributed by atoms with Crippen molar-refractivity contribution >= 4 is 17.2 Å². The van der Waals surface area contributed by atoms with Crippen molar-refractivity contribution in [2.45, 2.75) is 46.1 Å². The second-order valence-corrected chi connectivity index (χ2v) is 5.86. The molecule has 0 aliphatic heterocycles. The van der Waals surface area contributed by atoms with E-state index in [1.807, 2.05) is 6.92 Å². The van der Waals surface area contributed by atoms with Gasteiger partial charge < -0.3 is 10.1 Å². The fourth-order valence-corrected chi connectivity index (χ4v) is 2.79. The molecule has 4 heteroatoms. The van der Waals surface area contributed by atoms with Gasteiger partial charge in [0.25, 0.3) is 0 Å². The smallest absolute Gasteiger partial charge is 0.220 e. The third-order valence-corrected chi connectivity index (χ3v) is 3.63. The number of rotatable bonds is 8. The summed E-state index contributed by atoms with van der Waals surface area (Å²) in [4.78, 5) is 14.3. The Labute approximate surface area is 114 Å². The lowest BCUT2D eigenvalue weighted by atomic mass is 10.2. The van der Waals surface area contributed by atoms with Crippen LogP contribution in [0.2, 0.25) is 0 Å². The predicted molar refractivity (Wildman–Crippen MR) is 76.1 cm³/mol. The molecule has 0 radical (unpaired) electrons. The van der Waals surface area contributed by atoms with Crippen LogP contribution in [0, 0.1) is 6.92 Å². The maximum atomic E-state index is 11.6. The molecule has 0 unspecified atom stereocenters. The molecule has 0 bridgehead atoms. The number of carbonyl (C=O) groups excluding carboxylic acids is 1. The molecule has 0 aliphatic carbocycles. The van der Waals surface area contributed by atoms with Gasteiger partial charge in [0.15, 0.2) is 0 Å². The molecule has 0 aromatic carbocycles. The molecule has 1 rings (SSSR count). The van der Waals surface area contributed by atoms with Gasteiger partial charge in [-0.15, -0.1) is 11.3 Å². The molecule has 1 aromatic heterocycles. The Balaban J connectivity index is 2.19. The van der Waals surface area contributed by atoms with Crippen molar-refractivity contribution < 1.29 is 9.53 Å². The van der Waals surface area contributed by atoms with E-state index >= 15 is 0 Å². The topological polar surface area (TPSA) is 38.3 Å². The van der Waals surface area contributed by atoms with Crippen molar-refractivity contribution in [3.63, 3.8) is 0 Å². The highest BCUT2D eigenvalue weighted by Crippen LogP contribution is 2.16. The average Bonchev–Trinajstić information content (AvgIpc) is 2.70. The van der Waals surface area contributed by atoms with Gasteiger partial charge in [0.05, 0.1) is 0 Å². The molecular formula is C14H23NO2S. The van der Waals surface area contributed by atoms with E-state index in [0.29, 0.717) is 13.0 Å². The highest BCUT2D eigenvalue weighted by molar-refractivity contribution is 7.11. The zero-order chi connectivity index (χ0) is 13.4. The highest BCUT2D eigenvalue weighted by atomic mass is 32.1. The van der Waals surface area contributed by atoms with Crippen LogP contribution in [0.15, 0.2) is 12.1 Å². The zero-order valence-electron chi connectivity index (χ0n) is 11.5. The minimum absolute atomic E-state index is 0.121. The van der Waals surface area contributed by atoms with E-state index in [1.54, 1.807) is 11.3 Å². The van der Waals surface area contributed by atoms with E-state index in [1.165, 1.54) is 9.75 Å². The molecule has 1 N–H and O–H groups in total. The predicted octanol–water partition coefficient (Wildman–Crippen LogP) is 2.92. The molecule has 0 saturated heterocycles. The van der Waals surface area contributed by atoms with Crippen LogP contribution in [-0.4, -0.2) is 25.2 Å². The van der Waals surface area contributed by atoms with Gasteiger partial charge in [-0.05, 0) is 39.3 Å². The molecule has 1 heterocycles. The van der Waals surface area contributed by atoms with E-state index in [0.717, 1.165) is 19.4 Å². The zero-order valence-corrected chi connectivity index (χ0v) is 12.3. The fourth-order valence-electron chi connectivity index (χ4n) is 1.77. The van der Waals surface area contributed by atoms with Crippen LogP contribution in [0.4, 0.5) is 0 Å². The molecule has 0 spiro atoms. The van der Waals surface area contributed by atoms with Crippen molar-refractivity contribution in [1.29, 1.82) is 0 Å². The molecule has 3 nitrogen and oxygen atoms in total. The van der Waals surface area contributed by atoms with Crippen molar-refractivity contribution in [2.24, 2.45) is 0 Å². The van der Waals surface area contributed by atoms with Gasteiger partial charge in [-0.3, -0.25) is 4.79 Å². The molecule has 102 valence electrons.